The Hall–Kier alpha value is -1.47. The molecule has 0 aliphatic heterocycles. The summed E-state index contributed by atoms with van der Waals surface area (Å²) in [5.74, 6) is 0. The summed E-state index contributed by atoms with van der Waals surface area (Å²) in [7, 11) is 0. The van der Waals surface area contributed by atoms with Gasteiger partial charge in [-0.3, -0.25) is 13.9 Å². The van der Waals surface area contributed by atoms with Crippen LogP contribution in [-0.2, 0) is 6.54 Å². The molecule has 3 aromatic heterocycles. The minimum Gasteiger partial charge on any atom is -0.269 e. The van der Waals surface area contributed by atoms with Gasteiger partial charge in [0.15, 0.2) is 4.96 Å². The summed E-state index contributed by atoms with van der Waals surface area (Å²) in [5.41, 5.74) is 0.658. The Labute approximate surface area is 108 Å². The van der Waals surface area contributed by atoms with Crippen LogP contribution in [0.25, 0.3) is 4.96 Å². The summed E-state index contributed by atoms with van der Waals surface area (Å²) in [6, 6.07) is 1.54. The lowest BCUT2D eigenvalue weighted by molar-refractivity contribution is 0.671. The van der Waals surface area contributed by atoms with Crippen LogP contribution >= 0.6 is 27.3 Å². The van der Waals surface area contributed by atoms with Crippen molar-refractivity contribution in [3.63, 3.8) is 0 Å². The zero-order valence-corrected chi connectivity index (χ0v) is 11.0. The molecule has 0 radical (unpaired) electrons. The van der Waals surface area contributed by atoms with Crippen LogP contribution in [0.2, 0.25) is 0 Å². The van der Waals surface area contributed by atoms with E-state index in [0.717, 1.165) is 4.47 Å². The largest absolute Gasteiger partial charge is 0.269 e. The zero-order valence-electron chi connectivity index (χ0n) is 8.58. The molecule has 0 amide bonds. The monoisotopic (exact) mass is 310 g/mol. The minimum atomic E-state index is -0.0579. The third-order valence-corrected chi connectivity index (χ3v) is 3.45. The minimum absolute atomic E-state index is 0.0579. The Balaban J connectivity index is 2.03. The number of fused-ring (bicyclic) bond motifs is 1. The molecule has 0 aliphatic carbocycles. The molecule has 0 N–H and O–H groups in total. The van der Waals surface area contributed by atoms with Crippen molar-refractivity contribution < 1.29 is 0 Å². The molecule has 3 rings (SSSR count). The van der Waals surface area contributed by atoms with Crippen LogP contribution in [0.4, 0.5) is 0 Å². The van der Waals surface area contributed by atoms with Gasteiger partial charge in [0.25, 0.3) is 5.56 Å². The molecule has 86 valence electrons. The Morgan fingerprint density at radius 1 is 1.47 bits per heavy atom. The summed E-state index contributed by atoms with van der Waals surface area (Å²) in [6.07, 6.45) is 5.28. The Morgan fingerprint density at radius 2 is 2.35 bits per heavy atom. The Morgan fingerprint density at radius 3 is 3.12 bits per heavy atom. The third kappa shape index (κ3) is 2.03. The van der Waals surface area contributed by atoms with Crippen molar-refractivity contribution >= 4 is 32.2 Å². The molecule has 0 aliphatic rings. The van der Waals surface area contributed by atoms with Crippen molar-refractivity contribution in [2.75, 3.05) is 0 Å². The van der Waals surface area contributed by atoms with Crippen LogP contribution in [0.1, 0.15) is 5.69 Å². The van der Waals surface area contributed by atoms with E-state index >= 15 is 0 Å². The molecule has 0 bridgehead atoms. The van der Waals surface area contributed by atoms with Gasteiger partial charge >= 0.3 is 0 Å². The van der Waals surface area contributed by atoms with E-state index in [2.05, 4.69) is 26.0 Å². The normalized spacial score (nSPS) is 11.1. The van der Waals surface area contributed by atoms with E-state index in [1.54, 1.807) is 17.1 Å². The Kier molecular flexibility index (Phi) is 2.56. The fourth-order valence-corrected chi connectivity index (χ4v) is 2.63. The first kappa shape index (κ1) is 10.7. The van der Waals surface area contributed by atoms with E-state index in [0.29, 0.717) is 17.2 Å². The quantitative estimate of drug-likeness (QED) is 0.725. The maximum absolute atomic E-state index is 11.7. The molecule has 0 aromatic carbocycles. The molecule has 3 heterocycles. The second kappa shape index (κ2) is 4.08. The van der Waals surface area contributed by atoms with Crippen molar-refractivity contribution in [1.29, 1.82) is 0 Å². The van der Waals surface area contributed by atoms with E-state index in [4.69, 9.17) is 0 Å². The number of rotatable bonds is 2. The molecule has 0 saturated carbocycles. The van der Waals surface area contributed by atoms with Gasteiger partial charge < -0.3 is 0 Å². The van der Waals surface area contributed by atoms with Crippen LogP contribution in [0.15, 0.2) is 39.3 Å². The smallest absolute Gasteiger partial charge is 0.258 e. The maximum atomic E-state index is 11.7. The van der Waals surface area contributed by atoms with Gasteiger partial charge in [-0.1, -0.05) is 0 Å². The molecule has 0 fully saturated rings. The summed E-state index contributed by atoms with van der Waals surface area (Å²) >= 11 is 4.77. The highest BCUT2D eigenvalue weighted by Gasteiger charge is 2.04. The van der Waals surface area contributed by atoms with E-state index < -0.39 is 0 Å². The van der Waals surface area contributed by atoms with Gasteiger partial charge in [-0.15, -0.1) is 11.3 Å². The lowest BCUT2D eigenvalue weighted by Crippen LogP contribution is -2.14. The third-order valence-electron chi connectivity index (χ3n) is 2.28. The van der Waals surface area contributed by atoms with Crippen molar-refractivity contribution in [2.24, 2.45) is 0 Å². The van der Waals surface area contributed by atoms with E-state index in [-0.39, 0.29) is 5.56 Å². The number of thiazole rings is 1. The average molecular weight is 311 g/mol. The fraction of sp³-hybridized carbons (Fsp3) is 0.100. The van der Waals surface area contributed by atoms with Gasteiger partial charge in [0.05, 0.1) is 22.9 Å². The second-order valence-corrected chi connectivity index (χ2v) is 5.29. The van der Waals surface area contributed by atoms with Gasteiger partial charge in [-0.05, 0) is 15.9 Å². The summed E-state index contributed by atoms with van der Waals surface area (Å²) < 4.78 is 4.18. The van der Waals surface area contributed by atoms with E-state index in [1.165, 1.54) is 21.8 Å². The van der Waals surface area contributed by atoms with Crippen LogP contribution in [0, 0.1) is 0 Å². The van der Waals surface area contributed by atoms with Gasteiger partial charge in [-0.2, -0.15) is 5.10 Å². The molecule has 5 nitrogen and oxygen atoms in total. The van der Waals surface area contributed by atoms with Gasteiger partial charge in [0, 0.05) is 23.8 Å². The van der Waals surface area contributed by atoms with Gasteiger partial charge in [0.2, 0.25) is 0 Å². The average Bonchev–Trinajstić information content (AvgIpc) is 2.87. The van der Waals surface area contributed by atoms with Crippen LogP contribution in [0.5, 0.6) is 0 Å². The first-order valence-corrected chi connectivity index (χ1v) is 6.53. The summed E-state index contributed by atoms with van der Waals surface area (Å²) in [4.78, 5) is 16.9. The second-order valence-electron chi connectivity index (χ2n) is 3.50. The Bertz CT molecular complexity index is 729. The first-order valence-electron chi connectivity index (χ1n) is 4.86. The van der Waals surface area contributed by atoms with Crippen LogP contribution < -0.4 is 5.56 Å². The predicted octanol–water partition coefficient (Wildman–Crippen LogP) is 1.76. The van der Waals surface area contributed by atoms with Crippen LogP contribution in [0.3, 0.4) is 0 Å². The van der Waals surface area contributed by atoms with Crippen LogP contribution in [-0.4, -0.2) is 19.2 Å². The fourth-order valence-electron chi connectivity index (χ4n) is 1.56. The molecule has 0 unspecified atom stereocenters. The predicted molar refractivity (Wildman–Crippen MR) is 68.4 cm³/mol. The molecule has 3 aromatic rings. The highest BCUT2D eigenvalue weighted by atomic mass is 79.9. The first-order chi connectivity index (χ1) is 8.22. The number of hydrogen-bond acceptors (Lipinski definition) is 4. The lowest BCUT2D eigenvalue weighted by atomic mass is 10.4. The maximum Gasteiger partial charge on any atom is 0.258 e. The summed E-state index contributed by atoms with van der Waals surface area (Å²) in [5, 5.41) is 5.98. The van der Waals surface area contributed by atoms with Crippen molar-refractivity contribution in [3.8, 4) is 0 Å². The molecular formula is C10H7BrN4OS. The molecular weight excluding hydrogens is 304 g/mol. The molecule has 7 heteroatoms. The molecule has 0 atom stereocenters. The highest BCUT2D eigenvalue weighted by Crippen LogP contribution is 2.09. The number of nitrogens with zero attached hydrogens (tertiary/aromatic N) is 4. The standard InChI is InChI=1S/C10H7BrN4OS/c11-7-4-12-14(5-7)6-8-3-9(16)15-1-2-17-10(15)13-8/h1-5H,6H2. The molecule has 17 heavy (non-hydrogen) atoms. The number of aromatic nitrogens is 4. The lowest BCUT2D eigenvalue weighted by Gasteiger charge is -2.00. The van der Waals surface area contributed by atoms with E-state index in [9.17, 15) is 4.79 Å². The summed E-state index contributed by atoms with van der Waals surface area (Å²) in [6.45, 7) is 0.495. The van der Waals surface area contributed by atoms with Crippen molar-refractivity contribution in [2.45, 2.75) is 6.54 Å². The number of halogens is 1. The van der Waals surface area contributed by atoms with Gasteiger partial charge in [-0.25, -0.2) is 4.98 Å². The SMILES string of the molecule is O=c1cc(Cn2cc(Br)cn2)nc2sccn12. The zero-order chi connectivity index (χ0) is 11.8. The van der Waals surface area contributed by atoms with Crippen molar-refractivity contribution in [1.82, 2.24) is 19.2 Å². The van der Waals surface area contributed by atoms with Crippen molar-refractivity contribution in [3.05, 3.63) is 50.6 Å². The topological polar surface area (TPSA) is 52.2 Å². The number of hydrogen-bond donors (Lipinski definition) is 0. The van der Waals surface area contributed by atoms with Gasteiger partial charge in [0.1, 0.15) is 0 Å². The highest BCUT2D eigenvalue weighted by molar-refractivity contribution is 9.10. The molecule has 0 saturated heterocycles. The molecule has 0 spiro atoms. The van der Waals surface area contributed by atoms with E-state index in [1.807, 2.05) is 11.6 Å².